The van der Waals surface area contributed by atoms with E-state index in [-0.39, 0.29) is 10.5 Å². The summed E-state index contributed by atoms with van der Waals surface area (Å²) in [5.41, 5.74) is 1.63. The quantitative estimate of drug-likeness (QED) is 0.794. The molecule has 7 nitrogen and oxygen atoms in total. The molecule has 2 aromatic rings. The Morgan fingerprint density at radius 2 is 1.96 bits per heavy atom. The number of hydrogen-bond acceptors (Lipinski definition) is 5. The summed E-state index contributed by atoms with van der Waals surface area (Å²) in [7, 11) is -3.82. The van der Waals surface area contributed by atoms with E-state index in [1.165, 1.54) is 35.2 Å². The molecule has 0 spiro atoms. The maximum Gasteiger partial charge on any atom is 0.338 e. The zero-order chi connectivity index (χ0) is 19.8. The number of nitrogens with two attached hydrogens (primary N) is 1. The number of sulfonamides is 1. The third-order valence-corrected chi connectivity index (χ3v) is 5.22. The van der Waals surface area contributed by atoms with Crippen molar-refractivity contribution in [2.75, 3.05) is 18.1 Å². The van der Waals surface area contributed by atoms with E-state index in [2.05, 4.69) is 0 Å². The molecule has 0 aliphatic carbocycles. The van der Waals surface area contributed by atoms with E-state index in [0.717, 1.165) is 6.07 Å². The topological polar surface area (TPSA) is 107 Å². The van der Waals surface area contributed by atoms with Crippen molar-refractivity contribution in [1.29, 1.82) is 0 Å². The molecule has 9 heteroatoms. The van der Waals surface area contributed by atoms with E-state index < -0.39 is 34.3 Å². The van der Waals surface area contributed by atoms with Gasteiger partial charge in [-0.2, -0.15) is 0 Å². The van der Waals surface area contributed by atoms with Crippen LogP contribution in [0.25, 0.3) is 0 Å². The average molecular weight is 392 g/mol. The van der Waals surface area contributed by atoms with Crippen molar-refractivity contribution in [3.05, 3.63) is 58.9 Å². The number of hydrogen-bond donors (Lipinski definition) is 1. The fourth-order valence-corrected chi connectivity index (χ4v) is 3.39. The summed E-state index contributed by atoms with van der Waals surface area (Å²) in [6.07, 6.45) is 0.460. The second-order valence-electron chi connectivity index (χ2n) is 6.17. The second kappa shape index (κ2) is 7.09. The Hall–Kier alpha value is -2.78. The monoisotopic (exact) mass is 392 g/mol. The highest BCUT2D eigenvalue weighted by Crippen LogP contribution is 2.30. The lowest BCUT2D eigenvalue weighted by molar-refractivity contribution is -0.121. The van der Waals surface area contributed by atoms with Crippen molar-refractivity contribution < 1.29 is 27.1 Å². The van der Waals surface area contributed by atoms with Crippen LogP contribution in [0.2, 0.25) is 0 Å². The van der Waals surface area contributed by atoms with Crippen molar-refractivity contribution in [3.8, 4) is 0 Å². The lowest BCUT2D eigenvalue weighted by Gasteiger charge is -2.17. The van der Waals surface area contributed by atoms with Gasteiger partial charge < -0.3 is 9.64 Å². The van der Waals surface area contributed by atoms with Crippen LogP contribution in [0.1, 0.15) is 21.5 Å². The molecule has 27 heavy (non-hydrogen) atoms. The van der Waals surface area contributed by atoms with Gasteiger partial charge in [-0.15, -0.1) is 0 Å². The minimum atomic E-state index is -3.82. The van der Waals surface area contributed by atoms with Gasteiger partial charge in [-0.05, 0) is 54.8 Å². The van der Waals surface area contributed by atoms with Gasteiger partial charge >= 0.3 is 5.97 Å². The summed E-state index contributed by atoms with van der Waals surface area (Å²) in [5.74, 6) is -1.79. The molecule has 0 unspecified atom stereocenters. The first-order valence-corrected chi connectivity index (χ1v) is 9.61. The number of ether oxygens (including phenoxy) is 1. The van der Waals surface area contributed by atoms with E-state index >= 15 is 0 Å². The molecular formula is C18H17FN2O5S. The number of carbonyl (C=O) groups excluding carboxylic acids is 2. The van der Waals surface area contributed by atoms with Gasteiger partial charge in [-0.3, -0.25) is 4.79 Å². The van der Waals surface area contributed by atoms with Crippen molar-refractivity contribution in [1.82, 2.24) is 0 Å². The molecule has 0 aromatic heterocycles. The first-order chi connectivity index (χ1) is 12.7. The summed E-state index contributed by atoms with van der Waals surface area (Å²) in [6, 6.07) is 8.18. The molecule has 1 aliphatic rings. The summed E-state index contributed by atoms with van der Waals surface area (Å²) in [5, 5.41) is 5.11. The largest absolute Gasteiger partial charge is 0.452 e. The zero-order valence-corrected chi connectivity index (χ0v) is 15.3. The highest BCUT2D eigenvalue weighted by molar-refractivity contribution is 7.89. The van der Waals surface area contributed by atoms with Gasteiger partial charge in [0.05, 0.1) is 10.5 Å². The number of fused-ring (bicyclic) bond motifs is 1. The summed E-state index contributed by atoms with van der Waals surface area (Å²) in [6.45, 7) is 1.39. The van der Waals surface area contributed by atoms with Crippen molar-refractivity contribution >= 4 is 27.6 Å². The number of carbonyl (C=O) groups is 2. The van der Waals surface area contributed by atoms with Gasteiger partial charge in [0.2, 0.25) is 10.0 Å². The number of benzene rings is 2. The Kier molecular flexibility index (Phi) is 4.99. The molecule has 1 amide bonds. The molecule has 0 saturated heterocycles. The normalized spacial score (nSPS) is 13.4. The molecule has 1 heterocycles. The van der Waals surface area contributed by atoms with Gasteiger partial charge in [-0.25, -0.2) is 22.7 Å². The lowest BCUT2D eigenvalue weighted by atomic mass is 10.1. The van der Waals surface area contributed by atoms with Crippen LogP contribution in [-0.4, -0.2) is 33.4 Å². The van der Waals surface area contributed by atoms with Crippen molar-refractivity contribution in [2.45, 2.75) is 18.2 Å². The maximum absolute atomic E-state index is 13.5. The number of amides is 1. The molecule has 0 atom stereocenters. The van der Waals surface area contributed by atoms with E-state index in [1.54, 1.807) is 6.92 Å². The number of primary sulfonamides is 1. The smallest absolute Gasteiger partial charge is 0.338 e. The highest BCUT2D eigenvalue weighted by Gasteiger charge is 2.27. The van der Waals surface area contributed by atoms with Crippen molar-refractivity contribution in [2.24, 2.45) is 5.14 Å². The van der Waals surface area contributed by atoms with Crippen LogP contribution in [0.15, 0.2) is 41.3 Å². The van der Waals surface area contributed by atoms with Crippen LogP contribution in [0.3, 0.4) is 0 Å². The summed E-state index contributed by atoms with van der Waals surface area (Å²) >= 11 is 0. The van der Waals surface area contributed by atoms with Crippen LogP contribution < -0.4 is 10.0 Å². The molecule has 0 saturated carbocycles. The standard InChI is InChI=1S/C18H17FN2O5S/c1-11-2-3-13(9-15(11)19)18(23)26-10-17(22)21-7-6-12-8-14(27(20,24)25)4-5-16(12)21/h2-5,8-9H,6-7,10H2,1H3,(H2,20,24,25). The average Bonchev–Trinajstić information content (AvgIpc) is 3.04. The number of rotatable bonds is 4. The van der Waals surface area contributed by atoms with Gasteiger partial charge in [0.25, 0.3) is 5.91 Å². The Balaban J connectivity index is 1.68. The first-order valence-electron chi connectivity index (χ1n) is 8.06. The van der Waals surface area contributed by atoms with Gasteiger partial charge in [0.1, 0.15) is 5.82 Å². The molecule has 2 aromatic carbocycles. The van der Waals surface area contributed by atoms with E-state index in [9.17, 15) is 22.4 Å². The zero-order valence-electron chi connectivity index (χ0n) is 14.4. The molecule has 142 valence electrons. The Morgan fingerprint density at radius 3 is 2.63 bits per heavy atom. The molecule has 0 radical (unpaired) electrons. The molecule has 0 bridgehead atoms. The Bertz CT molecular complexity index is 1040. The van der Waals surface area contributed by atoms with E-state index in [4.69, 9.17) is 9.88 Å². The fourth-order valence-electron chi connectivity index (χ4n) is 2.82. The SMILES string of the molecule is Cc1ccc(C(=O)OCC(=O)N2CCc3cc(S(N)(=O)=O)ccc32)cc1F. The van der Waals surface area contributed by atoms with Crippen LogP contribution in [0.5, 0.6) is 0 Å². The number of esters is 1. The van der Waals surface area contributed by atoms with Crippen molar-refractivity contribution in [3.63, 3.8) is 0 Å². The second-order valence-corrected chi connectivity index (χ2v) is 7.73. The number of anilines is 1. The molecule has 2 N–H and O–H groups in total. The third kappa shape index (κ3) is 3.99. The van der Waals surface area contributed by atoms with Crippen LogP contribution in [0, 0.1) is 12.7 Å². The minimum absolute atomic E-state index is 0.0190. The van der Waals surface area contributed by atoms with Crippen LogP contribution in [-0.2, 0) is 26.0 Å². The number of aryl methyl sites for hydroxylation is 1. The predicted octanol–water partition coefficient (Wildman–Crippen LogP) is 1.53. The predicted molar refractivity (Wildman–Crippen MR) is 95.3 cm³/mol. The summed E-state index contributed by atoms with van der Waals surface area (Å²) < 4.78 is 41.3. The van der Waals surface area contributed by atoms with Crippen LogP contribution in [0.4, 0.5) is 10.1 Å². The first kappa shape index (κ1) is 19.0. The summed E-state index contributed by atoms with van der Waals surface area (Å²) in [4.78, 5) is 25.7. The lowest BCUT2D eigenvalue weighted by Crippen LogP contribution is -2.33. The van der Waals surface area contributed by atoms with E-state index in [0.29, 0.717) is 29.8 Å². The molecular weight excluding hydrogens is 375 g/mol. The number of halogens is 1. The Morgan fingerprint density at radius 1 is 1.22 bits per heavy atom. The molecule has 1 aliphatic heterocycles. The fraction of sp³-hybridized carbons (Fsp3) is 0.222. The van der Waals surface area contributed by atoms with E-state index in [1.807, 2.05) is 0 Å². The Labute approximate surface area is 155 Å². The number of nitrogens with zero attached hydrogens (tertiary/aromatic N) is 1. The molecule has 0 fully saturated rings. The third-order valence-electron chi connectivity index (χ3n) is 4.31. The molecule has 3 rings (SSSR count). The van der Waals surface area contributed by atoms with Gasteiger partial charge in [0, 0.05) is 12.2 Å². The minimum Gasteiger partial charge on any atom is -0.452 e. The van der Waals surface area contributed by atoms with Gasteiger partial charge in [0.15, 0.2) is 6.61 Å². The highest BCUT2D eigenvalue weighted by atomic mass is 32.2. The van der Waals surface area contributed by atoms with Gasteiger partial charge in [-0.1, -0.05) is 6.07 Å². The maximum atomic E-state index is 13.5. The van der Waals surface area contributed by atoms with Crippen LogP contribution >= 0.6 is 0 Å².